The minimum Gasteiger partial charge on any atom is -0.465 e. The molecule has 2 rings (SSSR count). The van der Waals surface area contributed by atoms with Crippen molar-refractivity contribution in [2.75, 3.05) is 26.2 Å². The van der Waals surface area contributed by atoms with Gasteiger partial charge in [0.25, 0.3) is 0 Å². The summed E-state index contributed by atoms with van der Waals surface area (Å²) in [6.45, 7) is 9.18. The Morgan fingerprint density at radius 2 is 1.79 bits per heavy atom. The second kappa shape index (κ2) is 11.4. The van der Waals surface area contributed by atoms with Crippen LogP contribution >= 0.6 is 0 Å². The average molecular weight is 401 g/mol. The zero-order valence-corrected chi connectivity index (χ0v) is 17.9. The molecule has 158 valence electrons. The maximum Gasteiger partial charge on any atom is 0.320 e. The summed E-state index contributed by atoms with van der Waals surface area (Å²) in [4.78, 5) is 28.7. The number of furan rings is 1. The Morgan fingerprint density at radius 1 is 1.07 bits per heavy atom. The van der Waals surface area contributed by atoms with Crippen LogP contribution < -0.4 is 0 Å². The van der Waals surface area contributed by atoms with E-state index in [0.29, 0.717) is 19.7 Å². The molecular formula is C23H32N2O4. The van der Waals surface area contributed by atoms with Gasteiger partial charge < -0.3 is 14.1 Å². The van der Waals surface area contributed by atoms with Gasteiger partial charge in [0.05, 0.1) is 26.2 Å². The van der Waals surface area contributed by atoms with Crippen molar-refractivity contribution in [1.29, 1.82) is 0 Å². The molecule has 1 heterocycles. The lowest BCUT2D eigenvalue weighted by molar-refractivity contribution is -0.146. The van der Waals surface area contributed by atoms with Crippen LogP contribution in [-0.4, -0.2) is 54.0 Å². The monoisotopic (exact) mass is 400 g/mol. The molecule has 0 saturated carbocycles. The van der Waals surface area contributed by atoms with E-state index in [9.17, 15) is 9.59 Å². The van der Waals surface area contributed by atoms with Crippen molar-refractivity contribution in [3.05, 3.63) is 59.5 Å². The van der Waals surface area contributed by atoms with E-state index < -0.39 is 0 Å². The highest BCUT2D eigenvalue weighted by Crippen LogP contribution is 2.12. The Kier molecular flexibility index (Phi) is 8.93. The van der Waals surface area contributed by atoms with Gasteiger partial charge >= 0.3 is 5.97 Å². The lowest BCUT2D eigenvalue weighted by atomic mass is 10.1. The van der Waals surface area contributed by atoms with Crippen LogP contribution in [0.2, 0.25) is 0 Å². The van der Waals surface area contributed by atoms with Crippen LogP contribution in [0.1, 0.15) is 37.9 Å². The SMILES string of the molecule is CCOC(=O)CN(CC(=O)N(CCc1ccccc1)Cc1ccc(C)o1)C(C)C. The largest absolute Gasteiger partial charge is 0.465 e. The number of hydrogen-bond donors (Lipinski definition) is 0. The molecular weight excluding hydrogens is 368 g/mol. The molecule has 0 fully saturated rings. The van der Waals surface area contributed by atoms with Crippen LogP contribution in [-0.2, 0) is 27.3 Å². The van der Waals surface area contributed by atoms with Gasteiger partial charge in [-0.2, -0.15) is 0 Å². The highest BCUT2D eigenvalue weighted by molar-refractivity contribution is 5.79. The molecule has 1 aromatic heterocycles. The van der Waals surface area contributed by atoms with E-state index in [1.54, 1.807) is 11.8 Å². The van der Waals surface area contributed by atoms with Crippen LogP contribution in [0.15, 0.2) is 46.9 Å². The van der Waals surface area contributed by atoms with Crippen molar-refractivity contribution in [2.45, 2.75) is 46.7 Å². The first-order valence-electron chi connectivity index (χ1n) is 10.2. The number of benzene rings is 1. The quantitative estimate of drug-likeness (QED) is 0.541. The van der Waals surface area contributed by atoms with Gasteiger partial charge in [0, 0.05) is 12.6 Å². The summed E-state index contributed by atoms with van der Waals surface area (Å²) < 4.78 is 10.7. The number of nitrogens with zero attached hydrogens (tertiary/aromatic N) is 2. The first-order chi connectivity index (χ1) is 13.9. The molecule has 0 radical (unpaired) electrons. The molecule has 0 aliphatic heterocycles. The van der Waals surface area contributed by atoms with Gasteiger partial charge in [0.2, 0.25) is 5.91 Å². The third-order valence-corrected chi connectivity index (χ3v) is 4.71. The minimum atomic E-state index is -0.313. The molecule has 0 bridgehead atoms. The Bertz CT molecular complexity index is 770. The fourth-order valence-corrected chi connectivity index (χ4v) is 3.03. The predicted molar refractivity (Wildman–Crippen MR) is 112 cm³/mol. The molecule has 0 aliphatic carbocycles. The summed E-state index contributed by atoms with van der Waals surface area (Å²) in [5, 5.41) is 0. The maximum atomic E-state index is 13.1. The first-order valence-corrected chi connectivity index (χ1v) is 10.2. The van der Waals surface area contributed by atoms with Gasteiger partial charge in [0.15, 0.2) is 0 Å². The lowest BCUT2D eigenvalue weighted by Gasteiger charge is -2.29. The third kappa shape index (κ3) is 7.74. The number of carbonyl (C=O) groups is 2. The number of ether oxygens (including phenoxy) is 1. The zero-order chi connectivity index (χ0) is 21.2. The highest BCUT2D eigenvalue weighted by atomic mass is 16.5. The molecule has 0 unspecified atom stereocenters. The van der Waals surface area contributed by atoms with E-state index in [1.807, 2.05) is 56.0 Å². The Hall–Kier alpha value is -2.60. The van der Waals surface area contributed by atoms with Crippen LogP contribution in [0.4, 0.5) is 0 Å². The molecule has 1 amide bonds. The summed E-state index contributed by atoms with van der Waals surface area (Å²) in [5.74, 6) is 1.23. The van der Waals surface area contributed by atoms with Gasteiger partial charge in [-0.1, -0.05) is 30.3 Å². The van der Waals surface area contributed by atoms with Crippen molar-refractivity contribution in [3.63, 3.8) is 0 Å². The number of carbonyl (C=O) groups excluding carboxylic acids is 2. The van der Waals surface area contributed by atoms with Crippen molar-refractivity contribution >= 4 is 11.9 Å². The number of amides is 1. The van der Waals surface area contributed by atoms with E-state index in [2.05, 4.69) is 12.1 Å². The number of aryl methyl sites for hydroxylation is 1. The van der Waals surface area contributed by atoms with Crippen molar-refractivity contribution in [2.24, 2.45) is 0 Å². The molecule has 6 nitrogen and oxygen atoms in total. The highest BCUT2D eigenvalue weighted by Gasteiger charge is 2.22. The molecule has 0 saturated heterocycles. The average Bonchev–Trinajstić information content (AvgIpc) is 3.10. The van der Waals surface area contributed by atoms with Crippen molar-refractivity contribution in [3.8, 4) is 0 Å². The molecule has 0 N–H and O–H groups in total. The van der Waals surface area contributed by atoms with E-state index in [0.717, 1.165) is 17.9 Å². The van der Waals surface area contributed by atoms with Gasteiger partial charge in [-0.05, 0) is 51.8 Å². The fourth-order valence-electron chi connectivity index (χ4n) is 3.03. The molecule has 1 aromatic carbocycles. The van der Waals surface area contributed by atoms with Crippen LogP contribution in [0.3, 0.4) is 0 Å². The first kappa shape index (κ1) is 22.7. The van der Waals surface area contributed by atoms with Gasteiger partial charge in [-0.25, -0.2) is 0 Å². The van der Waals surface area contributed by atoms with Crippen LogP contribution in [0.5, 0.6) is 0 Å². The van der Waals surface area contributed by atoms with Gasteiger partial charge in [-0.3, -0.25) is 14.5 Å². The maximum absolute atomic E-state index is 13.1. The summed E-state index contributed by atoms with van der Waals surface area (Å²) in [6.07, 6.45) is 0.756. The number of hydrogen-bond acceptors (Lipinski definition) is 5. The Morgan fingerprint density at radius 3 is 2.38 bits per heavy atom. The number of rotatable bonds is 11. The number of esters is 1. The van der Waals surface area contributed by atoms with E-state index >= 15 is 0 Å². The van der Waals surface area contributed by atoms with Crippen molar-refractivity contribution in [1.82, 2.24) is 9.80 Å². The van der Waals surface area contributed by atoms with E-state index in [1.165, 1.54) is 5.56 Å². The summed E-state index contributed by atoms with van der Waals surface area (Å²) >= 11 is 0. The third-order valence-electron chi connectivity index (χ3n) is 4.71. The topological polar surface area (TPSA) is 63.0 Å². The van der Waals surface area contributed by atoms with Crippen LogP contribution in [0.25, 0.3) is 0 Å². The van der Waals surface area contributed by atoms with E-state index in [-0.39, 0.29) is 31.0 Å². The molecule has 6 heteroatoms. The smallest absolute Gasteiger partial charge is 0.320 e. The molecule has 0 spiro atoms. The summed E-state index contributed by atoms with van der Waals surface area (Å²) in [7, 11) is 0. The summed E-state index contributed by atoms with van der Waals surface area (Å²) in [5.41, 5.74) is 1.17. The molecule has 0 aliphatic rings. The Labute approximate surface area is 173 Å². The Balaban J connectivity index is 2.07. The minimum absolute atomic E-state index is 0.0343. The normalized spacial score (nSPS) is 11.1. The standard InChI is InChI=1S/C23H32N2O4/c1-5-28-23(27)17-25(18(2)3)16-22(26)24(15-21-12-11-19(4)29-21)14-13-20-9-7-6-8-10-20/h6-12,18H,5,13-17H2,1-4H3. The second-order valence-electron chi connectivity index (χ2n) is 7.37. The van der Waals surface area contributed by atoms with Gasteiger partial charge in [0.1, 0.15) is 11.5 Å². The second-order valence-corrected chi connectivity index (χ2v) is 7.37. The zero-order valence-electron chi connectivity index (χ0n) is 17.9. The molecule has 0 atom stereocenters. The molecule has 2 aromatic rings. The van der Waals surface area contributed by atoms with Crippen LogP contribution in [0, 0.1) is 6.92 Å². The van der Waals surface area contributed by atoms with E-state index in [4.69, 9.17) is 9.15 Å². The lowest BCUT2D eigenvalue weighted by Crippen LogP contribution is -2.45. The predicted octanol–water partition coefficient (Wildman–Crippen LogP) is 3.43. The summed E-state index contributed by atoms with van der Waals surface area (Å²) in [6, 6.07) is 13.9. The van der Waals surface area contributed by atoms with Crippen molar-refractivity contribution < 1.29 is 18.7 Å². The van der Waals surface area contributed by atoms with Gasteiger partial charge in [-0.15, -0.1) is 0 Å². The molecule has 29 heavy (non-hydrogen) atoms. The fraction of sp³-hybridized carbons (Fsp3) is 0.478.